The highest BCUT2D eigenvalue weighted by Gasteiger charge is 2.31. The molecule has 0 saturated carbocycles. The number of hydrogen-bond acceptors (Lipinski definition) is 6. The maximum atomic E-state index is 12.9. The van der Waals surface area contributed by atoms with E-state index in [1.54, 1.807) is 6.92 Å². The second-order valence-corrected chi connectivity index (χ2v) is 5.43. The summed E-state index contributed by atoms with van der Waals surface area (Å²) in [4.78, 5) is 34.2. The number of nitrogens with one attached hydrogen (secondary N) is 2. The zero-order valence-corrected chi connectivity index (χ0v) is 14.3. The van der Waals surface area contributed by atoms with Crippen LogP contribution in [0.1, 0.15) is 33.5 Å². The Morgan fingerprint density at radius 3 is 2.79 bits per heavy atom. The van der Waals surface area contributed by atoms with Gasteiger partial charge in [-0.25, -0.2) is 14.8 Å². The van der Waals surface area contributed by atoms with E-state index in [1.807, 2.05) is 0 Å². The van der Waals surface area contributed by atoms with Gasteiger partial charge in [0.1, 0.15) is 5.69 Å². The molecular weight excluding hydrogens is 381 g/mol. The van der Waals surface area contributed by atoms with Crippen LogP contribution in [-0.2, 0) is 10.9 Å². The first-order valence-corrected chi connectivity index (χ1v) is 7.94. The van der Waals surface area contributed by atoms with E-state index < -0.39 is 23.6 Å². The number of nitrogens with zero attached hydrogens (tertiary/aromatic N) is 2. The van der Waals surface area contributed by atoms with Crippen molar-refractivity contribution in [2.24, 2.45) is 0 Å². The lowest BCUT2D eigenvalue weighted by Gasteiger charge is -2.08. The summed E-state index contributed by atoms with van der Waals surface area (Å²) in [5, 5.41) is 2.36. The van der Waals surface area contributed by atoms with Gasteiger partial charge in [0.15, 0.2) is 17.8 Å². The first-order chi connectivity index (χ1) is 13.3. The number of aromatic amines is 1. The highest BCUT2D eigenvalue weighted by molar-refractivity contribution is 6.05. The number of oxazole rings is 1. The highest BCUT2D eigenvalue weighted by Crippen LogP contribution is 2.33. The Balaban J connectivity index is 1.82. The molecule has 0 saturated heterocycles. The summed E-state index contributed by atoms with van der Waals surface area (Å²) >= 11 is 0. The quantitative estimate of drug-likeness (QED) is 0.641. The van der Waals surface area contributed by atoms with Gasteiger partial charge in [0.05, 0.1) is 18.4 Å². The maximum Gasteiger partial charge on any atom is 0.416 e. The molecule has 1 amide bonds. The standard InChI is InChI=1S/C17H13F3N4O4/c1-2-27-15(26)11-7-21-16(23-11)24-14(25)12-13(28-8-22-12)9-4-3-5-10(6-9)17(18,19)20/h3-8H,2H2,1H3,(H2,21,23,24,25). The summed E-state index contributed by atoms with van der Waals surface area (Å²) in [7, 11) is 0. The molecule has 3 rings (SSSR count). The van der Waals surface area contributed by atoms with E-state index >= 15 is 0 Å². The van der Waals surface area contributed by atoms with Gasteiger partial charge in [-0.2, -0.15) is 13.2 Å². The van der Waals surface area contributed by atoms with Crippen LogP contribution in [0.5, 0.6) is 0 Å². The Morgan fingerprint density at radius 2 is 2.07 bits per heavy atom. The van der Waals surface area contributed by atoms with E-state index in [2.05, 4.69) is 20.3 Å². The molecule has 0 bridgehead atoms. The smallest absolute Gasteiger partial charge is 0.416 e. The summed E-state index contributed by atoms with van der Waals surface area (Å²) in [5.41, 5.74) is -1.08. The number of anilines is 1. The van der Waals surface area contributed by atoms with E-state index in [0.29, 0.717) is 0 Å². The monoisotopic (exact) mass is 394 g/mol. The zero-order valence-electron chi connectivity index (χ0n) is 14.3. The second kappa shape index (κ2) is 7.55. The molecule has 0 aliphatic carbocycles. The molecule has 0 fully saturated rings. The molecule has 3 aromatic rings. The number of imidazole rings is 1. The highest BCUT2D eigenvalue weighted by atomic mass is 19.4. The van der Waals surface area contributed by atoms with Crippen LogP contribution in [0.3, 0.4) is 0 Å². The van der Waals surface area contributed by atoms with Crippen molar-refractivity contribution < 1.29 is 31.9 Å². The van der Waals surface area contributed by atoms with Crippen molar-refractivity contribution in [1.82, 2.24) is 15.0 Å². The van der Waals surface area contributed by atoms with E-state index in [1.165, 1.54) is 18.3 Å². The molecule has 0 spiro atoms. The van der Waals surface area contributed by atoms with Gasteiger partial charge in [-0.15, -0.1) is 0 Å². The number of esters is 1. The van der Waals surface area contributed by atoms with Crippen LogP contribution in [-0.4, -0.2) is 33.4 Å². The van der Waals surface area contributed by atoms with Crippen molar-refractivity contribution in [3.8, 4) is 11.3 Å². The number of hydrogen-bond donors (Lipinski definition) is 2. The second-order valence-electron chi connectivity index (χ2n) is 5.43. The van der Waals surface area contributed by atoms with Gasteiger partial charge in [0, 0.05) is 5.56 Å². The van der Waals surface area contributed by atoms with Crippen LogP contribution in [0.2, 0.25) is 0 Å². The summed E-state index contributed by atoms with van der Waals surface area (Å²) in [5.74, 6) is -1.64. The number of ether oxygens (including phenoxy) is 1. The van der Waals surface area contributed by atoms with Gasteiger partial charge in [0.2, 0.25) is 5.95 Å². The van der Waals surface area contributed by atoms with Crippen molar-refractivity contribution in [2.45, 2.75) is 13.1 Å². The molecule has 0 aliphatic rings. The fourth-order valence-corrected chi connectivity index (χ4v) is 2.31. The number of carbonyl (C=O) groups excluding carboxylic acids is 2. The van der Waals surface area contributed by atoms with E-state index in [0.717, 1.165) is 18.5 Å². The van der Waals surface area contributed by atoms with E-state index in [-0.39, 0.29) is 35.3 Å². The molecule has 28 heavy (non-hydrogen) atoms. The average Bonchev–Trinajstić information content (AvgIpc) is 3.31. The summed E-state index contributed by atoms with van der Waals surface area (Å²) in [6, 6.07) is 4.31. The fourth-order valence-electron chi connectivity index (χ4n) is 2.31. The predicted octanol–water partition coefficient (Wildman–Crippen LogP) is 3.51. The SMILES string of the molecule is CCOC(=O)c1cnc(NC(=O)c2ncoc2-c2cccc(C(F)(F)F)c2)[nH]1. The Hall–Kier alpha value is -3.63. The molecular formula is C17H13F3N4O4. The summed E-state index contributed by atoms with van der Waals surface area (Å²) in [6.45, 7) is 1.80. The van der Waals surface area contributed by atoms with Crippen LogP contribution in [0.25, 0.3) is 11.3 Å². The van der Waals surface area contributed by atoms with Gasteiger partial charge >= 0.3 is 12.1 Å². The first-order valence-electron chi connectivity index (χ1n) is 7.94. The van der Waals surface area contributed by atoms with Crippen molar-refractivity contribution in [3.63, 3.8) is 0 Å². The molecule has 1 aromatic carbocycles. The first kappa shape index (κ1) is 19.1. The largest absolute Gasteiger partial charge is 0.461 e. The van der Waals surface area contributed by atoms with Gasteiger partial charge in [-0.1, -0.05) is 12.1 Å². The lowest BCUT2D eigenvalue weighted by molar-refractivity contribution is -0.137. The van der Waals surface area contributed by atoms with Gasteiger partial charge in [-0.3, -0.25) is 10.1 Å². The van der Waals surface area contributed by atoms with Crippen molar-refractivity contribution in [1.29, 1.82) is 0 Å². The Morgan fingerprint density at radius 1 is 1.29 bits per heavy atom. The third-order valence-electron chi connectivity index (χ3n) is 3.54. The lowest BCUT2D eigenvalue weighted by Crippen LogP contribution is -2.15. The third-order valence-corrected chi connectivity index (χ3v) is 3.54. The Kier molecular flexibility index (Phi) is 5.16. The van der Waals surface area contributed by atoms with Crippen LogP contribution in [0.15, 0.2) is 41.3 Å². The van der Waals surface area contributed by atoms with Crippen molar-refractivity contribution >= 4 is 17.8 Å². The molecule has 2 heterocycles. The van der Waals surface area contributed by atoms with Gasteiger partial charge in [-0.05, 0) is 19.1 Å². The van der Waals surface area contributed by atoms with Gasteiger partial charge in [0.25, 0.3) is 5.91 Å². The van der Waals surface area contributed by atoms with Gasteiger partial charge < -0.3 is 14.1 Å². The maximum absolute atomic E-state index is 12.9. The molecule has 0 unspecified atom stereocenters. The fraction of sp³-hybridized carbons (Fsp3) is 0.176. The van der Waals surface area contributed by atoms with Crippen LogP contribution < -0.4 is 5.32 Å². The predicted molar refractivity (Wildman–Crippen MR) is 89.4 cm³/mol. The average molecular weight is 394 g/mol. The zero-order chi connectivity index (χ0) is 20.3. The third kappa shape index (κ3) is 4.03. The summed E-state index contributed by atoms with van der Waals surface area (Å²) < 4.78 is 48.6. The van der Waals surface area contributed by atoms with Crippen molar-refractivity contribution in [3.05, 3.63) is 53.8 Å². The number of aromatic nitrogens is 3. The minimum atomic E-state index is -4.55. The Labute approximate surface area is 155 Å². The molecule has 11 heteroatoms. The topological polar surface area (TPSA) is 110 Å². The van der Waals surface area contributed by atoms with Crippen molar-refractivity contribution in [2.75, 3.05) is 11.9 Å². The number of halogens is 3. The molecule has 8 nitrogen and oxygen atoms in total. The van der Waals surface area contributed by atoms with E-state index in [9.17, 15) is 22.8 Å². The molecule has 0 aliphatic heterocycles. The van der Waals surface area contributed by atoms with E-state index in [4.69, 9.17) is 9.15 Å². The minimum Gasteiger partial charge on any atom is -0.461 e. The molecule has 2 aromatic heterocycles. The number of amides is 1. The summed E-state index contributed by atoms with van der Waals surface area (Å²) in [6.07, 6.45) is -2.43. The number of benzene rings is 1. The normalized spacial score (nSPS) is 11.3. The number of alkyl halides is 3. The number of carbonyl (C=O) groups is 2. The molecule has 2 N–H and O–H groups in total. The van der Waals surface area contributed by atoms with Crippen LogP contribution in [0.4, 0.5) is 19.1 Å². The molecule has 0 radical (unpaired) electrons. The Bertz CT molecular complexity index is 1010. The molecule has 146 valence electrons. The lowest BCUT2D eigenvalue weighted by atomic mass is 10.1. The van der Waals surface area contributed by atoms with Crippen LogP contribution >= 0.6 is 0 Å². The number of H-pyrrole nitrogens is 1. The number of rotatable bonds is 5. The van der Waals surface area contributed by atoms with Crippen LogP contribution in [0, 0.1) is 0 Å². The molecule has 0 atom stereocenters. The minimum absolute atomic E-state index is 0.0235.